The van der Waals surface area contributed by atoms with Crippen LogP contribution in [0.1, 0.15) is 59.8 Å². The zero-order valence-electron chi connectivity index (χ0n) is 14.7. The van der Waals surface area contributed by atoms with Crippen molar-refractivity contribution in [2.45, 2.75) is 50.7 Å². The summed E-state index contributed by atoms with van der Waals surface area (Å²) in [5.41, 5.74) is 2.17. The van der Waals surface area contributed by atoms with Gasteiger partial charge in [-0.05, 0) is 24.5 Å². The molecule has 1 aromatic heterocycles. The lowest BCUT2D eigenvalue weighted by Gasteiger charge is -2.30. The van der Waals surface area contributed by atoms with Crippen molar-refractivity contribution in [3.8, 4) is 0 Å². The maximum absolute atomic E-state index is 13.2. The first kappa shape index (κ1) is 16.8. The molecule has 5 heteroatoms. The summed E-state index contributed by atoms with van der Waals surface area (Å²) in [5, 5.41) is 3.19. The van der Waals surface area contributed by atoms with E-state index in [1.165, 1.54) is 6.42 Å². The molecule has 1 fully saturated rings. The summed E-state index contributed by atoms with van der Waals surface area (Å²) < 4.78 is 0. The van der Waals surface area contributed by atoms with Gasteiger partial charge in [-0.15, -0.1) is 0 Å². The number of rotatable bonds is 4. The SMILES string of the molecule is O=C(NC1CCCCC1)C(c1ccccc1)N1Cc2cccnc2C1=O. The van der Waals surface area contributed by atoms with E-state index in [2.05, 4.69) is 10.3 Å². The number of benzene rings is 1. The minimum absolute atomic E-state index is 0.0933. The van der Waals surface area contributed by atoms with Crippen LogP contribution in [0.25, 0.3) is 0 Å². The number of hydrogen-bond donors (Lipinski definition) is 1. The second-order valence-electron chi connectivity index (χ2n) is 7.10. The average Bonchev–Trinajstić information content (AvgIpc) is 3.00. The number of hydrogen-bond acceptors (Lipinski definition) is 3. The molecule has 2 aromatic rings. The van der Waals surface area contributed by atoms with Crippen LogP contribution in [0.4, 0.5) is 0 Å². The molecule has 1 atom stereocenters. The van der Waals surface area contributed by atoms with Crippen LogP contribution < -0.4 is 5.32 Å². The van der Waals surface area contributed by atoms with Gasteiger partial charge in [0, 0.05) is 24.3 Å². The summed E-state index contributed by atoms with van der Waals surface area (Å²) in [6.45, 7) is 0.416. The molecule has 134 valence electrons. The molecule has 1 aliphatic carbocycles. The fourth-order valence-electron chi connectivity index (χ4n) is 3.99. The fourth-order valence-corrected chi connectivity index (χ4v) is 3.99. The predicted octanol–water partition coefficient (Wildman–Crippen LogP) is 3.23. The zero-order chi connectivity index (χ0) is 17.9. The third-order valence-corrected chi connectivity index (χ3v) is 5.32. The van der Waals surface area contributed by atoms with Gasteiger partial charge in [-0.25, -0.2) is 0 Å². The van der Waals surface area contributed by atoms with Crippen molar-refractivity contribution < 1.29 is 9.59 Å². The molecule has 2 amide bonds. The summed E-state index contributed by atoms with van der Waals surface area (Å²) in [6.07, 6.45) is 7.20. The quantitative estimate of drug-likeness (QED) is 0.922. The molecule has 1 aromatic carbocycles. The van der Waals surface area contributed by atoms with Crippen molar-refractivity contribution in [2.24, 2.45) is 0 Å². The molecular formula is C21H23N3O2. The number of carbonyl (C=O) groups excluding carboxylic acids is 2. The topological polar surface area (TPSA) is 62.3 Å². The molecule has 2 aliphatic rings. The molecule has 0 spiro atoms. The van der Waals surface area contributed by atoms with E-state index in [0.29, 0.717) is 12.2 Å². The standard InChI is InChI=1S/C21H23N3O2/c25-20(23-17-11-5-2-6-12-17)19(15-8-3-1-4-9-15)24-14-16-10-7-13-22-18(16)21(24)26/h1,3-4,7-10,13,17,19H,2,5-6,11-12,14H2,(H,23,25). The van der Waals surface area contributed by atoms with Crippen LogP contribution in [-0.4, -0.2) is 27.7 Å². The molecule has 1 unspecified atom stereocenters. The van der Waals surface area contributed by atoms with Gasteiger partial charge in [0.1, 0.15) is 11.7 Å². The first-order valence-electron chi connectivity index (χ1n) is 9.34. The molecule has 1 saturated carbocycles. The molecule has 0 saturated heterocycles. The molecule has 1 N–H and O–H groups in total. The van der Waals surface area contributed by atoms with Crippen LogP contribution in [0.3, 0.4) is 0 Å². The molecule has 1 aliphatic heterocycles. The highest BCUT2D eigenvalue weighted by Gasteiger charge is 2.38. The zero-order valence-corrected chi connectivity index (χ0v) is 14.7. The Bertz CT molecular complexity index is 800. The second kappa shape index (κ2) is 7.28. The number of pyridine rings is 1. The lowest BCUT2D eigenvalue weighted by Crippen LogP contribution is -2.45. The van der Waals surface area contributed by atoms with Crippen molar-refractivity contribution in [1.29, 1.82) is 0 Å². The number of nitrogens with one attached hydrogen (secondary N) is 1. The van der Waals surface area contributed by atoms with Crippen LogP contribution in [0.5, 0.6) is 0 Å². The van der Waals surface area contributed by atoms with Gasteiger partial charge < -0.3 is 10.2 Å². The summed E-state index contributed by atoms with van der Waals surface area (Å²) in [4.78, 5) is 31.9. The van der Waals surface area contributed by atoms with Crippen LogP contribution in [0.2, 0.25) is 0 Å². The Morgan fingerprint density at radius 3 is 2.58 bits per heavy atom. The van der Waals surface area contributed by atoms with E-state index < -0.39 is 6.04 Å². The first-order chi connectivity index (χ1) is 12.7. The van der Waals surface area contributed by atoms with Gasteiger partial charge in [0.15, 0.2) is 0 Å². The van der Waals surface area contributed by atoms with E-state index >= 15 is 0 Å². The van der Waals surface area contributed by atoms with Gasteiger partial charge in [-0.2, -0.15) is 0 Å². The Kier molecular flexibility index (Phi) is 4.69. The van der Waals surface area contributed by atoms with Crippen LogP contribution in [-0.2, 0) is 11.3 Å². The van der Waals surface area contributed by atoms with Crippen molar-refractivity contribution in [3.05, 3.63) is 65.5 Å². The second-order valence-corrected chi connectivity index (χ2v) is 7.10. The minimum atomic E-state index is -0.625. The number of carbonyl (C=O) groups is 2. The Morgan fingerprint density at radius 2 is 1.85 bits per heavy atom. The van der Waals surface area contributed by atoms with E-state index in [4.69, 9.17) is 0 Å². The molecule has 4 rings (SSSR count). The van der Waals surface area contributed by atoms with Crippen LogP contribution >= 0.6 is 0 Å². The lowest BCUT2D eigenvalue weighted by molar-refractivity contribution is -0.126. The summed E-state index contributed by atoms with van der Waals surface area (Å²) in [6, 6.07) is 12.9. The molecular weight excluding hydrogens is 326 g/mol. The monoisotopic (exact) mass is 349 g/mol. The maximum atomic E-state index is 13.2. The van der Waals surface area contributed by atoms with Gasteiger partial charge in [0.25, 0.3) is 5.91 Å². The van der Waals surface area contributed by atoms with E-state index in [9.17, 15) is 9.59 Å². The van der Waals surface area contributed by atoms with Crippen molar-refractivity contribution in [1.82, 2.24) is 15.2 Å². The van der Waals surface area contributed by atoms with Gasteiger partial charge in [0.2, 0.25) is 5.91 Å². The molecule has 0 radical (unpaired) electrons. The maximum Gasteiger partial charge on any atom is 0.274 e. The van der Waals surface area contributed by atoms with E-state index in [-0.39, 0.29) is 17.9 Å². The van der Waals surface area contributed by atoms with E-state index in [1.807, 2.05) is 42.5 Å². The molecule has 2 heterocycles. The third kappa shape index (κ3) is 3.21. The van der Waals surface area contributed by atoms with Crippen LogP contribution in [0.15, 0.2) is 48.7 Å². The van der Waals surface area contributed by atoms with Gasteiger partial charge >= 0.3 is 0 Å². The smallest absolute Gasteiger partial charge is 0.274 e. The highest BCUT2D eigenvalue weighted by atomic mass is 16.2. The van der Waals surface area contributed by atoms with Crippen molar-refractivity contribution in [3.63, 3.8) is 0 Å². The Hall–Kier alpha value is -2.69. The predicted molar refractivity (Wildman–Crippen MR) is 98.3 cm³/mol. The highest BCUT2D eigenvalue weighted by molar-refractivity contribution is 5.99. The molecule has 0 bridgehead atoms. The average molecular weight is 349 g/mol. The van der Waals surface area contributed by atoms with Crippen molar-refractivity contribution in [2.75, 3.05) is 0 Å². The Labute approximate surface area is 153 Å². The molecule has 26 heavy (non-hydrogen) atoms. The lowest BCUT2D eigenvalue weighted by atomic mass is 9.94. The number of amides is 2. The minimum Gasteiger partial charge on any atom is -0.351 e. The normalized spacial score (nSPS) is 18.5. The first-order valence-corrected chi connectivity index (χ1v) is 9.34. The summed E-state index contributed by atoms with van der Waals surface area (Å²) in [7, 11) is 0. The molecule has 5 nitrogen and oxygen atoms in total. The van der Waals surface area contributed by atoms with Gasteiger partial charge in [0.05, 0.1) is 0 Å². The van der Waals surface area contributed by atoms with Gasteiger partial charge in [-0.1, -0.05) is 55.7 Å². The Morgan fingerprint density at radius 1 is 1.08 bits per heavy atom. The van der Waals surface area contributed by atoms with E-state index in [1.54, 1.807) is 11.1 Å². The van der Waals surface area contributed by atoms with E-state index in [0.717, 1.165) is 36.8 Å². The van der Waals surface area contributed by atoms with Crippen LogP contribution in [0, 0.1) is 0 Å². The number of aromatic nitrogens is 1. The fraction of sp³-hybridized carbons (Fsp3) is 0.381. The van der Waals surface area contributed by atoms with Crippen molar-refractivity contribution >= 4 is 11.8 Å². The number of fused-ring (bicyclic) bond motifs is 1. The largest absolute Gasteiger partial charge is 0.351 e. The number of nitrogens with zero attached hydrogens (tertiary/aromatic N) is 2. The van der Waals surface area contributed by atoms with Gasteiger partial charge in [-0.3, -0.25) is 14.6 Å². The highest BCUT2D eigenvalue weighted by Crippen LogP contribution is 2.31. The summed E-state index contributed by atoms with van der Waals surface area (Å²) in [5.74, 6) is -0.266. The Balaban J connectivity index is 1.62. The third-order valence-electron chi connectivity index (χ3n) is 5.32. The summed E-state index contributed by atoms with van der Waals surface area (Å²) >= 11 is 0.